The van der Waals surface area contributed by atoms with Crippen molar-refractivity contribution in [2.45, 2.75) is 31.8 Å². The molecule has 12 heteroatoms. The van der Waals surface area contributed by atoms with Crippen LogP contribution >= 0.6 is 23.2 Å². The SMILES string of the molecule is O=C(Nc1ccc(O[C@H]2CC[C@@H](C(=O)O)CC2)nc1)c1nnc(Nc2cccc(Cl)c2Cl)o1. The first-order valence-corrected chi connectivity index (χ1v) is 10.9. The van der Waals surface area contributed by atoms with Crippen LogP contribution in [0.25, 0.3) is 0 Å². The molecule has 10 nitrogen and oxygen atoms in total. The van der Waals surface area contributed by atoms with Gasteiger partial charge >= 0.3 is 23.8 Å². The number of carbonyl (C=O) groups excluding carboxylic acids is 1. The van der Waals surface area contributed by atoms with Gasteiger partial charge in [-0.1, -0.05) is 34.4 Å². The molecular weight excluding hydrogens is 473 g/mol. The second-order valence-electron chi connectivity index (χ2n) is 7.41. The summed E-state index contributed by atoms with van der Waals surface area (Å²) >= 11 is 12.1. The summed E-state index contributed by atoms with van der Waals surface area (Å²) in [6, 6.07) is 8.23. The summed E-state index contributed by atoms with van der Waals surface area (Å²) < 4.78 is 11.2. The van der Waals surface area contributed by atoms with E-state index in [1.54, 1.807) is 30.3 Å². The predicted octanol–water partition coefficient (Wildman–Crippen LogP) is 4.79. The molecule has 1 amide bonds. The smallest absolute Gasteiger partial charge is 0.320 e. The molecule has 2 heterocycles. The van der Waals surface area contributed by atoms with Crippen LogP contribution in [0.3, 0.4) is 0 Å². The van der Waals surface area contributed by atoms with Crippen molar-refractivity contribution < 1.29 is 23.8 Å². The van der Waals surface area contributed by atoms with Gasteiger partial charge < -0.3 is 24.9 Å². The number of aliphatic carboxylic acids is 1. The molecule has 0 spiro atoms. The van der Waals surface area contributed by atoms with Gasteiger partial charge in [0.2, 0.25) is 5.88 Å². The molecule has 3 aromatic rings. The number of carboxylic acids is 1. The minimum atomic E-state index is -0.760. The molecule has 0 radical (unpaired) electrons. The first-order valence-electron chi connectivity index (χ1n) is 10.1. The van der Waals surface area contributed by atoms with Crippen LogP contribution in [0.1, 0.15) is 36.4 Å². The van der Waals surface area contributed by atoms with Crippen molar-refractivity contribution in [3.8, 4) is 5.88 Å². The van der Waals surface area contributed by atoms with Crippen molar-refractivity contribution in [3.63, 3.8) is 0 Å². The fourth-order valence-corrected chi connectivity index (χ4v) is 3.74. The molecule has 0 unspecified atom stereocenters. The third-order valence-corrected chi connectivity index (χ3v) is 5.94. The van der Waals surface area contributed by atoms with E-state index >= 15 is 0 Å². The highest BCUT2D eigenvalue weighted by Crippen LogP contribution is 2.31. The van der Waals surface area contributed by atoms with Gasteiger partial charge in [0.05, 0.1) is 33.5 Å². The van der Waals surface area contributed by atoms with Crippen LogP contribution in [0.15, 0.2) is 40.9 Å². The second kappa shape index (κ2) is 10.1. The zero-order valence-electron chi connectivity index (χ0n) is 17.1. The largest absolute Gasteiger partial charge is 0.481 e. The number of amides is 1. The number of halogens is 2. The number of nitrogens with zero attached hydrogens (tertiary/aromatic N) is 3. The normalized spacial score (nSPS) is 17.9. The Morgan fingerprint density at radius 1 is 1.09 bits per heavy atom. The summed E-state index contributed by atoms with van der Waals surface area (Å²) in [5.74, 6) is -1.54. The van der Waals surface area contributed by atoms with Crippen molar-refractivity contribution in [1.29, 1.82) is 0 Å². The molecule has 3 N–H and O–H groups in total. The highest BCUT2D eigenvalue weighted by molar-refractivity contribution is 6.43. The first kappa shape index (κ1) is 22.8. The molecule has 172 valence electrons. The van der Waals surface area contributed by atoms with Gasteiger partial charge in [0.25, 0.3) is 0 Å². The van der Waals surface area contributed by atoms with Crippen molar-refractivity contribution in [3.05, 3.63) is 52.5 Å². The Hall–Kier alpha value is -3.37. The standard InChI is InChI=1S/C21H19Cl2N5O5/c22-14-2-1-3-15(17(14)23)26-21-28-27-19(33-21)18(29)25-12-6-9-16(24-10-12)32-13-7-4-11(5-8-13)20(30)31/h1-3,6,9-11,13H,4-5,7-8H2,(H,25,29)(H,26,28)(H,30,31)/t11-,13+. The van der Waals surface area contributed by atoms with E-state index in [0.717, 1.165) is 0 Å². The first-order chi connectivity index (χ1) is 15.9. The summed E-state index contributed by atoms with van der Waals surface area (Å²) in [7, 11) is 0. The zero-order chi connectivity index (χ0) is 23.4. The van der Waals surface area contributed by atoms with Crippen LogP contribution < -0.4 is 15.4 Å². The molecule has 33 heavy (non-hydrogen) atoms. The maximum atomic E-state index is 12.4. The molecule has 0 bridgehead atoms. The van der Waals surface area contributed by atoms with Gasteiger partial charge in [0.1, 0.15) is 6.10 Å². The number of carbonyl (C=O) groups is 2. The number of aromatic nitrogens is 3. The second-order valence-corrected chi connectivity index (χ2v) is 8.19. The third-order valence-electron chi connectivity index (χ3n) is 5.12. The Labute approximate surface area is 198 Å². The van der Waals surface area contributed by atoms with Crippen LogP contribution in [0.2, 0.25) is 10.0 Å². The fraction of sp³-hybridized carbons (Fsp3) is 0.286. The number of anilines is 3. The van der Waals surface area contributed by atoms with E-state index in [-0.39, 0.29) is 28.9 Å². The number of ether oxygens (including phenoxy) is 1. The van der Waals surface area contributed by atoms with E-state index in [4.69, 9.17) is 37.5 Å². The summed E-state index contributed by atoms with van der Waals surface area (Å²) in [6.45, 7) is 0. The molecule has 0 saturated heterocycles. The minimum Gasteiger partial charge on any atom is -0.481 e. The Kier molecular flexibility index (Phi) is 6.95. The van der Waals surface area contributed by atoms with Crippen LogP contribution in [0.5, 0.6) is 5.88 Å². The monoisotopic (exact) mass is 491 g/mol. The summed E-state index contributed by atoms with van der Waals surface area (Å²) in [4.78, 5) is 27.6. The number of hydrogen-bond donors (Lipinski definition) is 3. The van der Waals surface area contributed by atoms with E-state index in [2.05, 4.69) is 25.8 Å². The number of pyridine rings is 1. The lowest BCUT2D eigenvalue weighted by Crippen LogP contribution is -2.28. The molecule has 1 saturated carbocycles. The topological polar surface area (TPSA) is 139 Å². The highest BCUT2D eigenvalue weighted by Gasteiger charge is 2.27. The highest BCUT2D eigenvalue weighted by atomic mass is 35.5. The summed E-state index contributed by atoms with van der Waals surface area (Å²) in [6.07, 6.45) is 3.84. The molecular formula is C21H19Cl2N5O5. The van der Waals surface area contributed by atoms with Crippen LogP contribution in [-0.4, -0.2) is 38.3 Å². The van der Waals surface area contributed by atoms with Crippen molar-refractivity contribution in [2.75, 3.05) is 10.6 Å². The van der Waals surface area contributed by atoms with Gasteiger partial charge in [0, 0.05) is 6.07 Å². The molecule has 1 aromatic carbocycles. The molecule has 0 atom stereocenters. The molecule has 4 rings (SSSR count). The Morgan fingerprint density at radius 3 is 2.58 bits per heavy atom. The number of benzene rings is 1. The van der Waals surface area contributed by atoms with Crippen LogP contribution in [-0.2, 0) is 4.79 Å². The Balaban J connectivity index is 1.31. The lowest BCUT2D eigenvalue weighted by Gasteiger charge is -2.26. The predicted molar refractivity (Wildman–Crippen MR) is 120 cm³/mol. The molecule has 2 aromatic heterocycles. The maximum Gasteiger partial charge on any atom is 0.320 e. The van der Waals surface area contributed by atoms with E-state index in [0.29, 0.717) is 48.0 Å². The maximum absolute atomic E-state index is 12.4. The lowest BCUT2D eigenvalue weighted by atomic mass is 9.87. The number of nitrogens with one attached hydrogen (secondary N) is 2. The van der Waals surface area contributed by atoms with E-state index in [1.807, 2.05) is 0 Å². The van der Waals surface area contributed by atoms with Gasteiger partial charge in [-0.3, -0.25) is 9.59 Å². The van der Waals surface area contributed by atoms with Gasteiger partial charge in [-0.25, -0.2) is 4.98 Å². The summed E-state index contributed by atoms with van der Waals surface area (Å²) in [5, 5.41) is 22.6. The third kappa shape index (κ3) is 5.71. The van der Waals surface area contributed by atoms with Crippen LogP contribution in [0.4, 0.5) is 17.4 Å². The number of hydrogen-bond acceptors (Lipinski definition) is 8. The Morgan fingerprint density at radius 2 is 1.88 bits per heavy atom. The molecule has 1 aliphatic carbocycles. The van der Waals surface area contributed by atoms with Gasteiger partial charge in [0.15, 0.2) is 0 Å². The number of carboxylic acid groups (broad SMARTS) is 1. The van der Waals surface area contributed by atoms with E-state index < -0.39 is 11.9 Å². The van der Waals surface area contributed by atoms with E-state index in [9.17, 15) is 9.59 Å². The minimum absolute atomic E-state index is 0.0243. The van der Waals surface area contributed by atoms with Crippen molar-refractivity contribution in [2.24, 2.45) is 5.92 Å². The average Bonchev–Trinajstić information content (AvgIpc) is 3.27. The lowest BCUT2D eigenvalue weighted by molar-refractivity contribution is -0.143. The molecule has 1 aliphatic rings. The Bertz CT molecular complexity index is 1150. The zero-order valence-corrected chi connectivity index (χ0v) is 18.6. The quantitative estimate of drug-likeness (QED) is 0.425. The van der Waals surface area contributed by atoms with E-state index in [1.165, 1.54) is 6.20 Å². The van der Waals surface area contributed by atoms with Gasteiger partial charge in [-0.2, -0.15) is 0 Å². The van der Waals surface area contributed by atoms with Crippen molar-refractivity contribution in [1.82, 2.24) is 15.2 Å². The average molecular weight is 492 g/mol. The molecule has 1 fully saturated rings. The van der Waals surface area contributed by atoms with Gasteiger partial charge in [-0.05, 0) is 43.9 Å². The fourth-order valence-electron chi connectivity index (χ4n) is 3.39. The summed E-state index contributed by atoms with van der Waals surface area (Å²) in [5.41, 5.74) is 0.864. The number of rotatable bonds is 7. The van der Waals surface area contributed by atoms with Crippen molar-refractivity contribution >= 4 is 52.5 Å². The van der Waals surface area contributed by atoms with Crippen LogP contribution in [0, 0.1) is 5.92 Å². The molecule has 0 aliphatic heterocycles. The van der Waals surface area contributed by atoms with Gasteiger partial charge in [-0.15, -0.1) is 5.10 Å².